The van der Waals surface area contributed by atoms with E-state index in [4.69, 9.17) is 5.73 Å². The Bertz CT molecular complexity index is 268. The van der Waals surface area contributed by atoms with Crippen LogP contribution in [-0.2, 0) is 6.42 Å². The summed E-state index contributed by atoms with van der Waals surface area (Å²) in [7, 11) is 0. The van der Waals surface area contributed by atoms with Gasteiger partial charge < -0.3 is 5.73 Å². The third-order valence-corrected chi connectivity index (χ3v) is 3.31. The highest BCUT2D eigenvalue weighted by Gasteiger charge is 2.21. The van der Waals surface area contributed by atoms with Crippen LogP contribution in [0, 0.1) is 5.92 Å². The summed E-state index contributed by atoms with van der Waals surface area (Å²) >= 11 is 0. The second-order valence-corrected chi connectivity index (χ2v) is 4.40. The summed E-state index contributed by atoms with van der Waals surface area (Å²) in [6.45, 7) is 0. The molecule has 0 bridgehead atoms. The van der Waals surface area contributed by atoms with Crippen molar-refractivity contribution in [3.63, 3.8) is 0 Å². The van der Waals surface area contributed by atoms with E-state index < -0.39 is 0 Å². The zero-order chi connectivity index (χ0) is 9.80. The van der Waals surface area contributed by atoms with Gasteiger partial charge in [-0.15, -0.1) is 0 Å². The van der Waals surface area contributed by atoms with Crippen molar-refractivity contribution in [1.82, 2.24) is 0 Å². The summed E-state index contributed by atoms with van der Waals surface area (Å²) in [6, 6.07) is 11.2. The molecule has 2 atom stereocenters. The molecule has 0 unspecified atom stereocenters. The molecule has 1 fully saturated rings. The summed E-state index contributed by atoms with van der Waals surface area (Å²) in [5.41, 5.74) is 7.57. The van der Waals surface area contributed by atoms with E-state index in [0.717, 1.165) is 0 Å². The predicted octanol–water partition coefficient (Wildman–Crippen LogP) is 2.75. The highest BCUT2D eigenvalue weighted by atomic mass is 14.7. The van der Waals surface area contributed by atoms with Gasteiger partial charge in [0.1, 0.15) is 0 Å². The molecule has 1 heteroatoms. The Hall–Kier alpha value is -0.820. The molecule has 1 saturated carbocycles. The first-order valence-electron chi connectivity index (χ1n) is 5.66. The van der Waals surface area contributed by atoms with Crippen LogP contribution in [0.2, 0.25) is 0 Å². The van der Waals surface area contributed by atoms with Crippen molar-refractivity contribution in [2.75, 3.05) is 0 Å². The van der Waals surface area contributed by atoms with E-state index in [-0.39, 0.29) is 0 Å². The number of hydrogen-bond donors (Lipinski definition) is 1. The molecule has 0 aliphatic heterocycles. The van der Waals surface area contributed by atoms with Crippen LogP contribution in [0.5, 0.6) is 0 Å². The standard InChI is InChI=1S/C13H19N/c14-13-9-5-4-8-12(13)10-11-6-2-1-3-7-11/h1-3,6-7,12-13H,4-5,8-10,14H2/t12-,13-/m1/s1. The van der Waals surface area contributed by atoms with Gasteiger partial charge in [0.25, 0.3) is 0 Å². The lowest BCUT2D eigenvalue weighted by Gasteiger charge is -2.28. The molecule has 0 saturated heterocycles. The molecule has 0 radical (unpaired) electrons. The zero-order valence-electron chi connectivity index (χ0n) is 8.65. The highest BCUT2D eigenvalue weighted by molar-refractivity contribution is 5.15. The second kappa shape index (κ2) is 4.61. The van der Waals surface area contributed by atoms with Gasteiger partial charge in [-0.25, -0.2) is 0 Å². The molecule has 1 aliphatic rings. The largest absolute Gasteiger partial charge is 0.327 e. The van der Waals surface area contributed by atoms with Crippen molar-refractivity contribution in [2.45, 2.75) is 38.1 Å². The average molecular weight is 189 g/mol. The maximum Gasteiger partial charge on any atom is 0.00703 e. The molecule has 2 rings (SSSR count). The molecular formula is C13H19N. The van der Waals surface area contributed by atoms with Crippen molar-refractivity contribution in [2.24, 2.45) is 11.7 Å². The maximum absolute atomic E-state index is 6.13. The Morgan fingerprint density at radius 1 is 1.07 bits per heavy atom. The minimum atomic E-state index is 0.434. The Morgan fingerprint density at radius 3 is 2.50 bits per heavy atom. The minimum absolute atomic E-state index is 0.434. The third-order valence-electron chi connectivity index (χ3n) is 3.31. The molecule has 0 aromatic heterocycles. The highest BCUT2D eigenvalue weighted by Crippen LogP contribution is 2.25. The molecule has 2 N–H and O–H groups in total. The zero-order valence-corrected chi connectivity index (χ0v) is 8.65. The lowest BCUT2D eigenvalue weighted by atomic mass is 9.81. The first-order valence-corrected chi connectivity index (χ1v) is 5.66. The average Bonchev–Trinajstić information content (AvgIpc) is 2.23. The van der Waals surface area contributed by atoms with Crippen LogP contribution in [0.15, 0.2) is 30.3 Å². The maximum atomic E-state index is 6.13. The third kappa shape index (κ3) is 2.36. The molecule has 14 heavy (non-hydrogen) atoms. The Morgan fingerprint density at radius 2 is 1.79 bits per heavy atom. The lowest BCUT2D eigenvalue weighted by molar-refractivity contribution is 0.306. The van der Waals surface area contributed by atoms with Crippen LogP contribution in [0.1, 0.15) is 31.2 Å². The summed E-state index contributed by atoms with van der Waals surface area (Å²) in [5.74, 6) is 0.714. The van der Waals surface area contributed by atoms with Crippen molar-refractivity contribution in [3.8, 4) is 0 Å². The van der Waals surface area contributed by atoms with Gasteiger partial charge in [-0.1, -0.05) is 43.2 Å². The van der Waals surface area contributed by atoms with Gasteiger partial charge in [0, 0.05) is 6.04 Å². The molecule has 76 valence electrons. The molecule has 0 spiro atoms. The first-order chi connectivity index (χ1) is 6.86. The summed E-state index contributed by atoms with van der Waals surface area (Å²) in [4.78, 5) is 0. The number of benzene rings is 1. The van der Waals surface area contributed by atoms with Crippen LogP contribution in [0.4, 0.5) is 0 Å². The quantitative estimate of drug-likeness (QED) is 0.760. The number of rotatable bonds is 2. The predicted molar refractivity (Wildman–Crippen MR) is 60.1 cm³/mol. The fraction of sp³-hybridized carbons (Fsp3) is 0.538. The van der Waals surface area contributed by atoms with Crippen LogP contribution < -0.4 is 5.73 Å². The second-order valence-electron chi connectivity index (χ2n) is 4.40. The molecule has 1 aromatic carbocycles. The number of hydrogen-bond acceptors (Lipinski definition) is 1. The van der Waals surface area contributed by atoms with E-state index in [9.17, 15) is 0 Å². The van der Waals surface area contributed by atoms with Crippen LogP contribution in [0.25, 0.3) is 0 Å². The van der Waals surface area contributed by atoms with E-state index in [0.29, 0.717) is 12.0 Å². The van der Waals surface area contributed by atoms with Gasteiger partial charge in [0.05, 0.1) is 0 Å². The minimum Gasteiger partial charge on any atom is -0.327 e. The first kappa shape index (κ1) is 9.72. The van der Waals surface area contributed by atoms with Crippen LogP contribution in [-0.4, -0.2) is 6.04 Å². The molecule has 1 aliphatic carbocycles. The van der Waals surface area contributed by atoms with Crippen LogP contribution >= 0.6 is 0 Å². The Kier molecular flexibility index (Phi) is 3.20. The molecule has 1 aromatic rings. The smallest absolute Gasteiger partial charge is 0.00703 e. The molecule has 0 amide bonds. The summed E-state index contributed by atoms with van der Waals surface area (Å²) < 4.78 is 0. The molecular weight excluding hydrogens is 170 g/mol. The van der Waals surface area contributed by atoms with Crippen molar-refractivity contribution in [3.05, 3.63) is 35.9 Å². The Balaban J connectivity index is 1.96. The van der Waals surface area contributed by atoms with Gasteiger partial charge in [-0.2, -0.15) is 0 Å². The fourth-order valence-corrected chi connectivity index (χ4v) is 2.41. The van der Waals surface area contributed by atoms with E-state index in [1.807, 2.05) is 0 Å². The van der Waals surface area contributed by atoms with Gasteiger partial charge in [-0.3, -0.25) is 0 Å². The van der Waals surface area contributed by atoms with Gasteiger partial charge in [0.2, 0.25) is 0 Å². The van der Waals surface area contributed by atoms with Gasteiger partial charge in [-0.05, 0) is 30.7 Å². The lowest BCUT2D eigenvalue weighted by Crippen LogP contribution is -2.34. The summed E-state index contributed by atoms with van der Waals surface area (Å²) in [6.07, 6.45) is 6.40. The SMILES string of the molecule is N[C@@H]1CCCC[C@@H]1Cc1ccccc1. The van der Waals surface area contributed by atoms with E-state index >= 15 is 0 Å². The van der Waals surface area contributed by atoms with Crippen molar-refractivity contribution in [1.29, 1.82) is 0 Å². The summed E-state index contributed by atoms with van der Waals surface area (Å²) in [5, 5.41) is 0. The molecule has 1 nitrogen and oxygen atoms in total. The van der Waals surface area contributed by atoms with Crippen LogP contribution in [0.3, 0.4) is 0 Å². The van der Waals surface area contributed by atoms with Gasteiger partial charge >= 0.3 is 0 Å². The van der Waals surface area contributed by atoms with E-state index in [1.54, 1.807) is 0 Å². The van der Waals surface area contributed by atoms with Crippen molar-refractivity contribution >= 4 is 0 Å². The van der Waals surface area contributed by atoms with Gasteiger partial charge in [0.15, 0.2) is 0 Å². The number of nitrogens with two attached hydrogens (primary N) is 1. The van der Waals surface area contributed by atoms with E-state index in [2.05, 4.69) is 30.3 Å². The fourth-order valence-electron chi connectivity index (χ4n) is 2.41. The van der Waals surface area contributed by atoms with Crippen molar-refractivity contribution < 1.29 is 0 Å². The van der Waals surface area contributed by atoms with E-state index in [1.165, 1.54) is 37.7 Å². The molecule has 0 heterocycles. The topological polar surface area (TPSA) is 26.0 Å². The normalized spacial score (nSPS) is 27.5. The monoisotopic (exact) mass is 189 g/mol. The Labute approximate surface area is 86.3 Å².